The van der Waals surface area contributed by atoms with Gasteiger partial charge in [0.15, 0.2) is 0 Å². The summed E-state index contributed by atoms with van der Waals surface area (Å²) in [6.45, 7) is 0.235. The van der Waals surface area contributed by atoms with Crippen LogP contribution in [0.2, 0.25) is 0 Å². The van der Waals surface area contributed by atoms with Crippen molar-refractivity contribution in [2.45, 2.75) is 12.9 Å². The quantitative estimate of drug-likeness (QED) is 0.771. The molecule has 0 bridgehead atoms. The lowest BCUT2D eigenvalue weighted by Gasteiger charge is -2.07. The molecule has 0 aromatic carbocycles. The van der Waals surface area contributed by atoms with Crippen molar-refractivity contribution in [3.8, 4) is 5.88 Å². The summed E-state index contributed by atoms with van der Waals surface area (Å²) in [5, 5.41) is 0. The van der Waals surface area contributed by atoms with Crippen LogP contribution in [0.1, 0.15) is 5.56 Å². The number of hydrogen-bond donors (Lipinski definition) is 1. The van der Waals surface area contributed by atoms with Crippen LogP contribution in [0.4, 0.5) is 13.2 Å². The largest absolute Gasteiger partial charge is 0.574 e. The molecule has 0 radical (unpaired) electrons. The van der Waals surface area contributed by atoms with E-state index in [1.165, 1.54) is 12.3 Å². The van der Waals surface area contributed by atoms with E-state index in [0.717, 1.165) is 6.07 Å². The Hall–Kier alpha value is -1.30. The van der Waals surface area contributed by atoms with Crippen molar-refractivity contribution in [2.24, 2.45) is 5.73 Å². The van der Waals surface area contributed by atoms with Crippen molar-refractivity contribution in [1.29, 1.82) is 0 Å². The molecule has 0 spiro atoms. The number of pyridine rings is 1. The maximum Gasteiger partial charge on any atom is 0.574 e. The maximum absolute atomic E-state index is 11.6. The summed E-state index contributed by atoms with van der Waals surface area (Å²) in [7, 11) is 0. The highest BCUT2D eigenvalue weighted by atomic mass is 19.4. The average molecular weight is 192 g/mol. The molecule has 1 rings (SSSR count). The monoisotopic (exact) mass is 192 g/mol. The normalized spacial score (nSPS) is 11.4. The summed E-state index contributed by atoms with van der Waals surface area (Å²) in [4.78, 5) is 3.41. The molecule has 1 aromatic heterocycles. The van der Waals surface area contributed by atoms with Crippen LogP contribution in [0.5, 0.6) is 5.88 Å². The SMILES string of the molecule is NCc1ccc(OC(F)(F)F)nc1. The minimum atomic E-state index is -4.70. The standard InChI is InChI=1S/C7H7F3N2O/c8-7(9,10)13-6-2-1-5(3-11)4-12-6/h1-2,4H,3,11H2. The van der Waals surface area contributed by atoms with Gasteiger partial charge in [0.25, 0.3) is 0 Å². The first-order valence-corrected chi connectivity index (χ1v) is 3.42. The Bertz CT molecular complexity index is 270. The fourth-order valence-electron chi connectivity index (χ4n) is 0.711. The number of alkyl halides is 3. The van der Waals surface area contributed by atoms with Crippen LogP contribution < -0.4 is 10.5 Å². The molecule has 72 valence electrons. The van der Waals surface area contributed by atoms with Crippen molar-refractivity contribution < 1.29 is 17.9 Å². The highest BCUT2D eigenvalue weighted by Gasteiger charge is 2.31. The van der Waals surface area contributed by atoms with Crippen molar-refractivity contribution in [1.82, 2.24) is 4.98 Å². The Labute approximate surface area is 72.3 Å². The van der Waals surface area contributed by atoms with Gasteiger partial charge in [0.05, 0.1) is 0 Å². The van der Waals surface area contributed by atoms with Crippen LogP contribution in [0.3, 0.4) is 0 Å². The lowest BCUT2D eigenvalue weighted by molar-refractivity contribution is -0.276. The molecule has 0 atom stereocenters. The van der Waals surface area contributed by atoms with E-state index in [0.29, 0.717) is 5.56 Å². The molecule has 0 aliphatic carbocycles. The van der Waals surface area contributed by atoms with Gasteiger partial charge >= 0.3 is 6.36 Å². The third kappa shape index (κ3) is 3.29. The van der Waals surface area contributed by atoms with Crippen LogP contribution in [-0.2, 0) is 6.54 Å². The van der Waals surface area contributed by atoms with E-state index in [4.69, 9.17) is 5.73 Å². The molecule has 6 heteroatoms. The molecule has 0 saturated heterocycles. The summed E-state index contributed by atoms with van der Waals surface area (Å²) in [5.74, 6) is -0.482. The van der Waals surface area contributed by atoms with Gasteiger partial charge in [0, 0.05) is 18.8 Å². The Morgan fingerprint density at radius 3 is 2.46 bits per heavy atom. The zero-order valence-electron chi connectivity index (χ0n) is 6.51. The zero-order valence-corrected chi connectivity index (χ0v) is 6.51. The summed E-state index contributed by atoms with van der Waals surface area (Å²) in [5.41, 5.74) is 5.87. The Balaban J connectivity index is 2.70. The number of hydrogen-bond acceptors (Lipinski definition) is 3. The Morgan fingerprint density at radius 1 is 1.38 bits per heavy atom. The first kappa shape index (κ1) is 9.79. The summed E-state index contributed by atoms with van der Waals surface area (Å²) >= 11 is 0. The number of aromatic nitrogens is 1. The highest BCUT2D eigenvalue weighted by Crippen LogP contribution is 2.20. The molecule has 13 heavy (non-hydrogen) atoms. The molecule has 0 aliphatic rings. The molecule has 1 heterocycles. The van der Waals surface area contributed by atoms with Gasteiger partial charge in [0.2, 0.25) is 5.88 Å². The van der Waals surface area contributed by atoms with Crippen LogP contribution in [-0.4, -0.2) is 11.3 Å². The van der Waals surface area contributed by atoms with Gasteiger partial charge in [-0.05, 0) is 5.56 Å². The van der Waals surface area contributed by atoms with Crippen LogP contribution in [0, 0.1) is 0 Å². The van der Waals surface area contributed by atoms with Crippen molar-refractivity contribution in [3.63, 3.8) is 0 Å². The summed E-state index contributed by atoms with van der Waals surface area (Å²) < 4.78 is 38.5. The molecule has 0 saturated carbocycles. The molecule has 0 fully saturated rings. The molecule has 0 amide bonds. The number of ether oxygens (including phenoxy) is 1. The molecular weight excluding hydrogens is 185 g/mol. The number of rotatable bonds is 2. The summed E-state index contributed by atoms with van der Waals surface area (Å²) in [6.07, 6.45) is -3.46. The lowest BCUT2D eigenvalue weighted by atomic mass is 10.3. The van der Waals surface area contributed by atoms with E-state index < -0.39 is 12.2 Å². The average Bonchev–Trinajstić information content (AvgIpc) is 2.03. The van der Waals surface area contributed by atoms with Crippen molar-refractivity contribution >= 4 is 0 Å². The molecule has 0 unspecified atom stereocenters. The van der Waals surface area contributed by atoms with E-state index >= 15 is 0 Å². The Kier molecular flexibility index (Phi) is 2.72. The van der Waals surface area contributed by atoms with Gasteiger partial charge in [-0.1, -0.05) is 6.07 Å². The van der Waals surface area contributed by atoms with Gasteiger partial charge in [0.1, 0.15) is 0 Å². The van der Waals surface area contributed by atoms with E-state index in [1.54, 1.807) is 0 Å². The topological polar surface area (TPSA) is 48.1 Å². The first-order valence-electron chi connectivity index (χ1n) is 3.42. The molecule has 1 aromatic rings. The number of nitrogens with zero attached hydrogens (tertiary/aromatic N) is 1. The minimum Gasteiger partial charge on any atom is -0.388 e. The smallest absolute Gasteiger partial charge is 0.388 e. The maximum atomic E-state index is 11.6. The van der Waals surface area contributed by atoms with Crippen LogP contribution >= 0.6 is 0 Å². The Morgan fingerprint density at radius 2 is 2.08 bits per heavy atom. The van der Waals surface area contributed by atoms with Crippen LogP contribution in [0.25, 0.3) is 0 Å². The van der Waals surface area contributed by atoms with Gasteiger partial charge in [-0.2, -0.15) is 0 Å². The fraction of sp³-hybridized carbons (Fsp3) is 0.286. The zero-order chi connectivity index (χ0) is 9.90. The number of halogens is 3. The van der Waals surface area contributed by atoms with Gasteiger partial charge in [-0.3, -0.25) is 0 Å². The number of nitrogens with two attached hydrogens (primary N) is 1. The van der Waals surface area contributed by atoms with Crippen molar-refractivity contribution in [2.75, 3.05) is 0 Å². The predicted molar refractivity (Wildman–Crippen MR) is 38.8 cm³/mol. The van der Waals surface area contributed by atoms with E-state index in [-0.39, 0.29) is 6.54 Å². The highest BCUT2D eigenvalue weighted by molar-refractivity contribution is 5.17. The fourth-order valence-corrected chi connectivity index (χ4v) is 0.711. The van der Waals surface area contributed by atoms with Gasteiger partial charge in [-0.15, -0.1) is 13.2 Å². The minimum absolute atomic E-state index is 0.235. The second kappa shape index (κ2) is 3.61. The lowest BCUT2D eigenvalue weighted by Crippen LogP contribution is -2.17. The van der Waals surface area contributed by atoms with E-state index in [2.05, 4.69) is 9.72 Å². The molecule has 0 aliphatic heterocycles. The second-order valence-corrected chi connectivity index (χ2v) is 2.26. The van der Waals surface area contributed by atoms with Crippen molar-refractivity contribution in [3.05, 3.63) is 23.9 Å². The predicted octanol–water partition coefficient (Wildman–Crippen LogP) is 1.44. The van der Waals surface area contributed by atoms with Crippen LogP contribution in [0.15, 0.2) is 18.3 Å². The third-order valence-corrected chi connectivity index (χ3v) is 1.25. The molecule has 2 N–H and O–H groups in total. The van der Waals surface area contributed by atoms with Gasteiger partial charge < -0.3 is 10.5 Å². The van der Waals surface area contributed by atoms with Gasteiger partial charge in [-0.25, -0.2) is 4.98 Å². The first-order chi connectivity index (χ1) is 6.01. The summed E-state index contributed by atoms with van der Waals surface area (Å²) in [6, 6.07) is 2.55. The third-order valence-electron chi connectivity index (χ3n) is 1.25. The van der Waals surface area contributed by atoms with E-state index in [9.17, 15) is 13.2 Å². The second-order valence-electron chi connectivity index (χ2n) is 2.26. The molecular formula is C7H7F3N2O. The van der Waals surface area contributed by atoms with E-state index in [1.807, 2.05) is 0 Å². The molecule has 3 nitrogen and oxygen atoms in total.